The van der Waals surface area contributed by atoms with E-state index in [4.69, 9.17) is 0 Å². The molecule has 0 saturated heterocycles. The smallest absolute Gasteiger partial charge is 0.0583 e. The maximum atomic E-state index is 4.10. The van der Waals surface area contributed by atoms with Gasteiger partial charge in [0.2, 0.25) is 0 Å². The molecule has 2 heterocycles. The lowest BCUT2D eigenvalue weighted by molar-refractivity contribution is 0.878. The van der Waals surface area contributed by atoms with Crippen LogP contribution in [0.5, 0.6) is 0 Å². The minimum Gasteiger partial charge on any atom is -0.358 e. The second kappa shape index (κ2) is 4.16. The Hall–Kier alpha value is -1.51. The van der Waals surface area contributed by atoms with Crippen LogP contribution in [0.3, 0.4) is 0 Å². The summed E-state index contributed by atoms with van der Waals surface area (Å²) in [6, 6.07) is 0. The Morgan fingerprint density at radius 3 is 2.69 bits per heavy atom. The molecular formula is C13H19N3. The monoisotopic (exact) mass is 217 g/mol. The number of hydrogen-bond donors (Lipinski definition) is 2. The first kappa shape index (κ1) is 11.0. The van der Waals surface area contributed by atoms with Gasteiger partial charge in [0, 0.05) is 17.0 Å². The number of nitrogens with one attached hydrogen (secondary N) is 2. The third-order valence-corrected chi connectivity index (χ3v) is 3.24. The molecule has 0 fully saturated rings. The van der Waals surface area contributed by atoms with Crippen molar-refractivity contribution in [1.29, 1.82) is 0 Å². The van der Waals surface area contributed by atoms with Gasteiger partial charge >= 0.3 is 0 Å². The highest BCUT2D eigenvalue weighted by molar-refractivity contribution is 5.70. The van der Waals surface area contributed by atoms with Crippen molar-refractivity contribution in [2.45, 2.75) is 40.5 Å². The predicted octanol–water partition coefficient (Wildman–Crippen LogP) is 3.15. The fourth-order valence-electron chi connectivity index (χ4n) is 2.28. The maximum Gasteiger partial charge on any atom is 0.0583 e. The molecule has 1 aliphatic carbocycles. The number of rotatable bonds is 0. The molecule has 0 aromatic carbocycles. The van der Waals surface area contributed by atoms with Crippen LogP contribution >= 0.6 is 0 Å². The van der Waals surface area contributed by atoms with Crippen molar-refractivity contribution in [2.24, 2.45) is 0 Å². The van der Waals surface area contributed by atoms with Crippen LogP contribution in [0, 0.1) is 13.8 Å². The Balaban J connectivity index is 0.000000457. The molecule has 0 amide bonds. The molecule has 2 aromatic rings. The standard InChI is InChI=1S/C11H13N3.C2H6/c1-6-7(2)13-11-8(6)3-4-10-9(11)5-12-14-10;1-2/h5,13H,3-4H2,1-2H3,(H,12,14);1-2H3. The van der Waals surface area contributed by atoms with Crippen molar-refractivity contribution < 1.29 is 0 Å². The van der Waals surface area contributed by atoms with Gasteiger partial charge in [0.1, 0.15) is 0 Å². The number of aromatic nitrogens is 3. The SMILES string of the molecule is CC.Cc1[nH]c2c(c1C)CCc1[nH]ncc1-2. The summed E-state index contributed by atoms with van der Waals surface area (Å²) < 4.78 is 0. The average molecular weight is 217 g/mol. The Morgan fingerprint density at radius 2 is 1.94 bits per heavy atom. The van der Waals surface area contributed by atoms with Gasteiger partial charge in [-0.15, -0.1) is 0 Å². The van der Waals surface area contributed by atoms with Gasteiger partial charge in [0.05, 0.1) is 11.9 Å². The molecule has 3 heteroatoms. The van der Waals surface area contributed by atoms with E-state index in [1.165, 1.54) is 33.8 Å². The van der Waals surface area contributed by atoms with Gasteiger partial charge in [-0.25, -0.2) is 0 Å². The van der Waals surface area contributed by atoms with Crippen molar-refractivity contribution in [3.63, 3.8) is 0 Å². The van der Waals surface area contributed by atoms with Gasteiger partial charge in [-0.2, -0.15) is 5.10 Å². The van der Waals surface area contributed by atoms with Crippen molar-refractivity contribution >= 4 is 0 Å². The van der Waals surface area contributed by atoms with Gasteiger partial charge < -0.3 is 4.98 Å². The number of fused-ring (bicyclic) bond motifs is 3. The molecule has 0 radical (unpaired) electrons. The highest BCUT2D eigenvalue weighted by Gasteiger charge is 2.21. The Bertz CT molecular complexity index is 491. The van der Waals surface area contributed by atoms with Gasteiger partial charge in [-0.1, -0.05) is 13.8 Å². The van der Waals surface area contributed by atoms with E-state index < -0.39 is 0 Å². The lowest BCUT2D eigenvalue weighted by atomic mass is 9.93. The molecule has 16 heavy (non-hydrogen) atoms. The van der Waals surface area contributed by atoms with E-state index in [0.717, 1.165) is 12.8 Å². The van der Waals surface area contributed by atoms with E-state index in [0.29, 0.717) is 0 Å². The van der Waals surface area contributed by atoms with Crippen LogP contribution in [0.2, 0.25) is 0 Å². The molecule has 86 valence electrons. The van der Waals surface area contributed by atoms with Crippen molar-refractivity contribution in [3.8, 4) is 11.3 Å². The van der Waals surface area contributed by atoms with Crippen molar-refractivity contribution in [3.05, 3.63) is 28.7 Å². The quantitative estimate of drug-likeness (QED) is 0.699. The first-order valence-corrected chi connectivity index (χ1v) is 5.98. The molecule has 2 aromatic heterocycles. The summed E-state index contributed by atoms with van der Waals surface area (Å²) in [5, 5.41) is 7.15. The second-order valence-electron chi connectivity index (χ2n) is 3.99. The van der Waals surface area contributed by atoms with Crippen molar-refractivity contribution in [1.82, 2.24) is 15.2 Å². The first-order valence-electron chi connectivity index (χ1n) is 5.98. The molecule has 2 N–H and O–H groups in total. The molecule has 0 spiro atoms. The first-order chi connectivity index (χ1) is 7.77. The van der Waals surface area contributed by atoms with E-state index >= 15 is 0 Å². The molecule has 0 atom stereocenters. The summed E-state index contributed by atoms with van der Waals surface area (Å²) in [6.07, 6.45) is 4.13. The zero-order valence-corrected chi connectivity index (χ0v) is 10.4. The van der Waals surface area contributed by atoms with Crippen molar-refractivity contribution in [2.75, 3.05) is 0 Å². The second-order valence-corrected chi connectivity index (χ2v) is 3.99. The normalized spacial score (nSPS) is 12.5. The minimum atomic E-state index is 1.08. The molecule has 0 unspecified atom stereocenters. The van der Waals surface area contributed by atoms with Crippen LogP contribution in [0.1, 0.15) is 36.4 Å². The molecule has 3 nitrogen and oxygen atoms in total. The van der Waals surface area contributed by atoms with E-state index in [2.05, 4.69) is 29.0 Å². The highest BCUT2D eigenvalue weighted by Crippen LogP contribution is 2.34. The molecule has 0 bridgehead atoms. The van der Waals surface area contributed by atoms with E-state index in [-0.39, 0.29) is 0 Å². The van der Waals surface area contributed by atoms with Crippen LogP contribution in [-0.4, -0.2) is 15.2 Å². The maximum absolute atomic E-state index is 4.10. The molecular weight excluding hydrogens is 198 g/mol. The number of aryl methyl sites for hydroxylation is 2. The van der Waals surface area contributed by atoms with Crippen LogP contribution in [-0.2, 0) is 12.8 Å². The largest absolute Gasteiger partial charge is 0.358 e. The summed E-state index contributed by atoms with van der Waals surface area (Å²) in [5.41, 5.74) is 7.95. The van der Waals surface area contributed by atoms with Crippen LogP contribution in [0.25, 0.3) is 11.3 Å². The summed E-state index contributed by atoms with van der Waals surface area (Å²) in [7, 11) is 0. The summed E-state index contributed by atoms with van der Waals surface area (Å²) in [6.45, 7) is 8.32. The van der Waals surface area contributed by atoms with Gasteiger partial charge in [-0.05, 0) is 37.8 Å². The number of aromatic amines is 2. The zero-order chi connectivity index (χ0) is 11.7. The van der Waals surface area contributed by atoms with E-state index in [1.807, 2.05) is 20.0 Å². The van der Waals surface area contributed by atoms with Crippen LogP contribution in [0.15, 0.2) is 6.20 Å². The zero-order valence-electron chi connectivity index (χ0n) is 10.4. The third-order valence-electron chi connectivity index (χ3n) is 3.24. The third kappa shape index (κ3) is 1.47. The molecule has 0 saturated carbocycles. The van der Waals surface area contributed by atoms with Gasteiger partial charge in [0.15, 0.2) is 0 Å². The Labute approximate surface area is 96.3 Å². The lowest BCUT2D eigenvalue weighted by Crippen LogP contribution is -2.02. The average Bonchev–Trinajstić information content (AvgIpc) is 2.88. The summed E-state index contributed by atoms with van der Waals surface area (Å²) in [4.78, 5) is 3.45. The molecule has 3 rings (SSSR count). The lowest BCUT2D eigenvalue weighted by Gasteiger charge is -2.11. The number of hydrogen-bond acceptors (Lipinski definition) is 1. The predicted molar refractivity (Wildman–Crippen MR) is 66.6 cm³/mol. The number of H-pyrrole nitrogens is 2. The highest BCUT2D eigenvalue weighted by atomic mass is 15.1. The molecule has 1 aliphatic rings. The fourth-order valence-corrected chi connectivity index (χ4v) is 2.28. The van der Waals surface area contributed by atoms with Crippen LogP contribution in [0.4, 0.5) is 0 Å². The van der Waals surface area contributed by atoms with Gasteiger partial charge in [0.25, 0.3) is 0 Å². The Kier molecular flexibility index (Phi) is 2.86. The van der Waals surface area contributed by atoms with E-state index in [9.17, 15) is 0 Å². The van der Waals surface area contributed by atoms with E-state index in [1.54, 1.807) is 0 Å². The minimum absolute atomic E-state index is 1.08. The molecule has 0 aliphatic heterocycles. The summed E-state index contributed by atoms with van der Waals surface area (Å²) >= 11 is 0. The number of nitrogens with zero attached hydrogens (tertiary/aromatic N) is 1. The Morgan fingerprint density at radius 1 is 1.19 bits per heavy atom. The van der Waals surface area contributed by atoms with Crippen LogP contribution < -0.4 is 0 Å². The van der Waals surface area contributed by atoms with Gasteiger partial charge in [-0.3, -0.25) is 5.10 Å². The topological polar surface area (TPSA) is 44.5 Å². The summed E-state index contributed by atoms with van der Waals surface area (Å²) in [5.74, 6) is 0. The fraction of sp³-hybridized carbons (Fsp3) is 0.462.